The zero-order valence-electron chi connectivity index (χ0n) is 19.5. The largest absolute Gasteiger partial charge is 0.348 e. The standard InChI is InChI=1S/C27H31N3O3S/c1-29(34(32,33)24-14-4-2-5-15-24)26-17-9-8-16-25(26)27(31)28-20-22-12-6-7-13-23(22)21-30-18-10-3-11-19-30/h2,4-9,12-17H,3,10-11,18-21H2,1H3,(H,28,31). The molecule has 0 aromatic heterocycles. The second-order valence-electron chi connectivity index (χ2n) is 8.59. The van der Waals surface area contributed by atoms with E-state index in [0.717, 1.165) is 25.2 Å². The molecular formula is C27H31N3O3S. The number of carbonyl (C=O) groups excluding carboxylic acids is 1. The first-order valence-corrected chi connectivity index (χ1v) is 13.1. The maximum Gasteiger partial charge on any atom is 0.264 e. The van der Waals surface area contributed by atoms with E-state index in [9.17, 15) is 13.2 Å². The highest BCUT2D eigenvalue weighted by atomic mass is 32.2. The molecule has 4 rings (SSSR count). The van der Waals surface area contributed by atoms with E-state index in [-0.39, 0.29) is 10.8 Å². The van der Waals surface area contributed by atoms with Crippen molar-refractivity contribution in [2.45, 2.75) is 37.2 Å². The highest BCUT2D eigenvalue weighted by Crippen LogP contribution is 2.26. The summed E-state index contributed by atoms with van der Waals surface area (Å²) in [5, 5.41) is 3.00. The minimum absolute atomic E-state index is 0.180. The fourth-order valence-corrected chi connectivity index (χ4v) is 5.57. The number of benzene rings is 3. The molecule has 0 aliphatic carbocycles. The van der Waals surface area contributed by atoms with Crippen LogP contribution in [0.2, 0.25) is 0 Å². The van der Waals surface area contributed by atoms with Crippen molar-refractivity contribution in [3.8, 4) is 0 Å². The monoisotopic (exact) mass is 477 g/mol. The van der Waals surface area contributed by atoms with Crippen LogP contribution in [0.4, 0.5) is 5.69 Å². The van der Waals surface area contributed by atoms with E-state index in [1.54, 1.807) is 54.6 Å². The van der Waals surface area contributed by atoms with Crippen molar-refractivity contribution in [1.82, 2.24) is 10.2 Å². The van der Waals surface area contributed by atoms with E-state index < -0.39 is 10.0 Å². The summed E-state index contributed by atoms with van der Waals surface area (Å²) in [6.45, 7) is 3.47. The Morgan fingerprint density at radius 2 is 1.47 bits per heavy atom. The Balaban J connectivity index is 1.50. The predicted molar refractivity (Wildman–Crippen MR) is 135 cm³/mol. The van der Waals surface area contributed by atoms with E-state index in [0.29, 0.717) is 17.8 Å². The molecule has 1 aliphatic rings. The molecular weight excluding hydrogens is 446 g/mol. The molecule has 3 aromatic rings. The highest BCUT2D eigenvalue weighted by Gasteiger charge is 2.25. The SMILES string of the molecule is CN(c1ccccc1C(=O)NCc1ccccc1CN1CCCCC1)S(=O)(=O)c1ccccc1. The molecule has 34 heavy (non-hydrogen) atoms. The first-order valence-electron chi connectivity index (χ1n) is 11.7. The predicted octanol–water partition coefficient (Wildman–Crippen LogP) is 4.43. The van der Waals surface area contributed by atoms with Crippen molar-refractivity contribution in [2.24, 2.45) is 0 Å². The molecule has 0 saturated carbocycles. The summed E-state index contributed by atoms with van der Waals surface area (Å²) < 4.78 is 27.4. The lowest BCUT2D eigenvalue weighted by molar-refractivity contribution is 0.0951. The molecule has 1 N–H and O–H groups in total. The summed E-state index contributed by atoms with van der Waals surface area (Å²) in [5.41, 5.74) is 2.94. The van der Waals surface area contributed by atoms with Crippen LogP contribution in [0.15, 0.2) is 83.8 Å². The highest BCUT2D eigenvalue weighted by molar-refractivity contribution is 7.92. The lowest BCUT2D eigenvalue weighted by Gasteiger charge is -2.27. The number of carbonyl (C=O) groups is 1. The number of likely N-dealkylation sites (tertiary alicyclic amines) is 1. The summed E-state index contributed by atoms with van der Waals surface area (Å²) in [4.78, 5) is 15.8. The van der Waals surface area contributed by atoms with E-state index in [1.165, 1.54) is 36.2 Å². The fourth-order valence-electron chi connectivity index (χ4n) is 4.33. The van der Waals surface area contributed by atoms with E-state index in [1.807, 2.05) is 18.2 Å². The number of para-hydroxylation sites is 1. The van der Waals surface area contributed by atoms with Gasteiger partial charge in [0.1, 0.15) is 0 Å². The molecule has 0 bridgehead atoms. The second kappa shape index (κ2) is 10.8. The Morgan fingerprint density at radius 1 is 0.853 bits per heavy atom. The number of nitrogens with one attached hydrogen (secondary N) is 1. The molecule has 1 fully saturated rings. The molecule has 178 valence electrons. The average molecular weight is 478 g/mol. The van der Waals surface area contributed by atoms with Crippen LogP contribution in [0.3, 0.4) is 0 Å². The van der Waals surface area contributed by atoms with Gasteiger partial charge in [0.15, 0.2) is 0 Å². The van der Waals surface area contributed by atoms with Gasteiger partial charge in [-0.05, 0) is 61.3 Å². The molecule has 3 aromatic carbocycles. The Hall–Kier alpha value is -3.16. The van der Waals surface area contributed by atoms with Gasteiger partial charge < -0.3 is 5.32 Å². The molecule has 0 radical (unpaired) electrons. The summed E-state index contributed by atoms with van der Waals surface area (Å²) in [6.07, 6.45) is 3.76. The van der Waals surface area contributed by atoms with Gasteiger partial charge in [-0.15, -0.1) is 0 Å². The third-order valence-corrected chi connectivity index (χ3v) is 8.08. The maximum atomic E-state index is 13.2. The second-order valence-corrected chi connectivity index (χ2v) is 10.6. The van der Waals surface area contributed by atoms with Gasteiger partial charge in [-0.25, -0.2) is 8.42 Å². The number of nitrogens with zero attached hydrogens (tertiary/aromatic N) is 2. The number of hydrogen-bond acceptors (Lipinski definition) is 4. The number of piperidine rings is 1. The molecule has 1 amide bonds. The van der Waals surface area contributed by atoms with Gasteiger partial charge >= 0.3 is 0 Å². The molecule has 6 nitrogen and oxygen atoms in total. The maximum absolute atomic E-state index is 13.2. The van der Waals surface area contributed by atoms with Crippen LogP contribution in [0, 0.1) is 0 Å². The van der Waals surface area contributed by atoms with E-state index in [2.05, 4.69) is 16.3 Å². The van der Waals surface area contributed by atoms with Crippen molar-refractivity contribution < 1.29 is 13.2 Å². The first kappa shape index (κ1) is 24.0. The minimum Gasteiger partial charge on any atom is -0.348 e. The zero-order valence-corrected chi connectivity index (χ0v) is 20.3. The van der Waals surface area contributed by atoms with E-state index >= 15 is 0 Å². The summed E-state index contributed by atoms with van der Waals surface area (Å²) in [7, 11) is -2.32. The van der Waals surface area contributed by atoms with Crippen LogP contribution in [-0.4, -0.2) is 39.4 Å². The van der Waals surface area contributed by atoms with Crippen LogP contribution in [-0.2, 0) is 23.1 Å². The van der Waals surface area contributed by atoms with Crippen molar-refractivity contribution in [3.63, 3.8) is 0 Å². The fraction of sp³-hybridized carbons (Fsp3) is 0.296. The van der Waals surface area contributed by atoms with Gasteiger partial charge in [-0.1, -0.05) is 61.0 Å². The van der Waals surface area contributed by atoms with Gasteiger partial charge in [0.25, 0.3) is 15.9 Å². The third-order valence-electron chi connectivity index (χ3n) is 6.29. The van der Waals surface area contributed by atoms with Gasteiger partial charge in [-0.3, -0.25) is 14.0 Å². The topological polar surface area (TPSA) is 69.7 Å². The molecule has 1 heterocycles. The summed E-state index contributed by atoms with van der Waals surface area (Å²) in [6, 6.07) is 23.2. The Labute approximate surface area is 202 Å². The summed E-state index contributed by atoms with van der Waals surface area (Å²) in [5.74, 6) is -0.307. The molecule has 0 unspecified atom stereocenters. The van der Waals surface area contributed by atoms with Gasteiger partial charge in [0.2, 0.25) is 0 Å². The number of hydrogen-bond donors (Lipinski definition) is 1. The third kappa shape index (κ3) is 5.48. The van der Waals surface area contributed by atoms with Crippen molar-refractivity contribution in [1.29, 1.82) is 0 Å². The quantitative estimate of drug-likeness (QED) is 0.521. The lowest BCUT2D eigenvalue weighted by atomic mass is 10.0. The average Bonchev–Trinajstić information content (AvgIpc) is 2.88. The Morgan fingerprint density at radius 3 is 2.21 bits per heavy atom. The van der Waals surface area contributed by atoms with Crippen molar-refractivity contribution in [2.75, 3.05) is 24.4 Å². The number of rotatable bonds is 8. The van der Waals surface area contributed by atoms with Crippen LogP contribution < -0.4 is 9.62 Å². The smallest absolute Gasteiger partial charge is 0.264 e. The van der Waals surface area contributed by atoms with Gasteiger partial charge in [-0.2, -0.15) is 0 Å². The van der Waals surface area contributed by atoms with Crippen molar-refractivity contribution >= 4 is 21.6 Å². The van der Waals surface area contributed by atoms with Crippen LogP contribution >= 0.6 is 0 Å². The first-order chi connectivity index (χ1) is 16.5. The van der Waals surface area contributed by atoms with Crippen molar-refractivity contribution in [3.05, 3.63) is 95.6 Å². The zero-order chi connectivity index (χ0) is 24.0. The number of amides is 1. The van der Waals surface area contributed by atoms with Crippen LogP contribution in [0.5, 0.6) is 0 Å². The number of anilines is 1. The molecule has 7 heteroatoms. The molecule has 1 aliphatic heterocycles. The van der Waals surface area contributed by atoms with Gasteiger partial charge in [0.05, 0.1) is 16.1 Å². The van der Waals surface area contributed by atoms with Crippen LogP contribution in [0.25, 0.3) is 0 Å². The molecule has 1 saturated heterocycles. The van der Waals surface area contributed by atoms with Gasteiger partial charge in [0, 0.05) is 20.1 Å². The molecule has 0 atom stereocenters. The normalized spacial score (nSPS) is 14.5. The number of sulfonamides is 1. The minimum atomic E-state index is -3.79. The lowest BCUT2D eigenvalue weighted by Crippen LogP contribution is -2.31. The van der Waals surface area contributed by atoms with Crippen LogP contribution in [0.1, 0.15) is 40.7 Å². The molecule has 0 spiro atoms. The Kier molecular flexibility index (Phi) is 7.65. The Bertz CT molecular complexity index is 1220. The summed E-state index contributed by atoms with van der Waals surface area (Å²) >= 11 is 0. The van der Waals surface area contributed by atoms with E-state index in [4.69, 9.17) is 0 Å².